The minimum absolute atomic E-state index is 0.536. The lowest BCUT2D eigenvalue weighted by Gasteiger charge is -2.32. The van der Waals surface area contributed by atoms with Crippen molar-refractivity contribution in [3.63, 3.8) is 0 Å². The Balaban J connectivity index is 1.55. The third kappa shape index (κ3) is 3.58. The van der Waals surface area contributed by atoms with E-state index >= 15 is 0 Å². The summed E-state index contributed by atoms with van der Waals surface area (Å²) in [5, 5.41) is 22.1. The molecule has 0 unspecified atom stereocenters. The molecule has 5 rings (SSSR count). The number of aromatic amines is 1. The number of likely N-dealkylation sites (N-methyl/N-ethyl adjacent to an activating group) is 1. The average molecular weight is 423 g/mol. The highest BCUT2D eigenvalue weighted by Crippen LogP contribution is 2.36. The molecule has 8 nitrogen and oxygen atoms in total. The van der Waals surface area contributed by atoms with Crippen LogP contribution >= 0.6 is 11.6 Å². The van der Waals surface area contributed by atoms with Crippen molar-refractivity contribution in [1.82, 2.24) is 40.0 Å². The Morgan fingerprint density at radius 3 is 2.50 bits per heavy atom. The molecule has 0 spiro atoms. The number of fused-ring (bicyclic) bond motifs is 1. The van der Waals surface area contributed by atoms with Crippen molar-refractivity contribution in [2.45, 2.75) is 6.54 Å². The van der Waals surface area contributed by atoms with Gasteiger partial charge in [0.1, 0.15) is 11.4 Å². The number of aromatic nitrogens is 6. The van der Waals surface area contributed by atoms with Crippen molar-refractivity contribution in [3.8, 4) is 22.6 Å². The Morgan fingerprint density at radius 2 is 1.77 bits per heavy atom. The molecule has 1 saturated heterocycles. The molecule has 9 heteroatoms. The van der Waals surface area contributed by atoms with Gasteiger partial charge in [-0.25, -0.2) is 4.68 Å². The van der Waals surface area contributed by atoms with Crippen LogP contribution in [0.5, 0.6) is 0 Å². The molecule has 154 valence electrons. The fourth-order valence-corrected chi connectivity index (χ4v) is 4.15. The Hall–Kier alpha value is -2.81. The van der Waals surface area contributed by atoms with Gasteiger partial charge in [0.05, 0.1) is 22.6 Å². The summed E-state index contributed by atoms with van der Waals surface area (Å²) >= 11 is 6.85. The van der Waals surface area contributed by atoms with Crippen LogP contribution in [0.25, 0.3) is 33.7 Å². The van der Waals surface area contributed by atoms with Crippen LogP contribution in [0.15, 0.2) is 42.6 Å². The number of nitrogens with zero attached hydrogens (tertiary/aromatic N) is 7. The third-order valence-electron chi connectivity index (χ3n) is 5.62. The first-order valence-corrected chi connectivity index (χ1v) is 10.5. The summed E-state index contributed by atoms with van der Waals surface area (Å²) in [6.45, 7) is 5.97. The molecular formula is C21H23ClN8. The number of nitrogens with one attached hydrogen (secondary N) is 1. The summed E-state index contributed by atoms with van der Waals surface area (Å²) in [4.78, 5) is 4.82. The first-order chi connectivity index (χ1) is 14.7. The predicted octanol–water partition coefficient (Wildman–Crippen LogP) is 2.78. The minimum atomic E-state index is 0.536. The molecule has 0 aliphatic carbocycles. The minimum Gasteiger partial charge on any atom is -0.304 e. The standard InChI is InChI=1S/C21H23ClN8/c1-28-9-11-29(12-10-28)13-14-30-21-17(19(27-30)15-5-3-2-4-6-15)18(22)20(25-26-21)16-7-8-23-24-16/h2-8H,9-14H2,1H3,(H,23,24). The molecule has 1 aliphatic rings. The molecular weight excluding hydrogens is 400 g/mol. The van der Waals surface area contributed by atoms with Gasteiger partial charge in [-0.15, -0.1) is 10.2 Å². The van der Waals surface area contributed by atoms with E-state index in [1.807, 2.05) is 41.1 Å². The van der Waals surface area contributed by atoms with Gasteiger partial charge < -0.3 is 4.90 Å². The first kappa shape index (κ1) is 19.2. The molecule has 1 fully saturated rings. The van der Waals surface area contributed by atoms with E-state index in [-0.39, 0.29) is 0 Å². The van der Waals surface area contributed by atoms with Gasteiger partial charge in [-0.2, -0.15) is 10.2 Å². The van der Waals surface area contributed by atoms with E-state index in [9.17, 15) is 0 Å². The second kappa shape index (κ2) is 8.14. The number of hydrogen-bond acceptors (Lipinski definition) is 6. The maximum absolute atomic E-state index is 6.85. The van der Waals surface area contributed by atoms with E-state index < -0.39 is 0 Å². The number of hydrogen-bond donors (Lipinski definition) is 1. The Morgan fingerprint density at radius 1 is 0.967 bits per heavy atom. The number of H-pyrrole nitrogens is 1. The third-order valence-corrected chi connectivity index (χ3v) is 5.99. The molecule has 4 heterocycles. The molecule has 0 bridgehead atoms. The van der Waals surface area contributed by atoms with Crippen LogP contribution in [0.3, 0.4) is 0 Å². The number of benzene rings is 1. The van der Waals surface area contributed by atoms with Crippen LogP contribution in [0.1, 0.15) is 0 Å². The summed E-state index contributed by atoms with van der Waals surface area (Å²) in [7, 11) is 2.17. The molecule has 4 aromatic rings. The van der Waals surface area contributed by atoms with Crippen molar-refractivity contribution in [2.75, 3.05) is 39.8 Å². The van der Waals surface area contributed by atoms with E-state index in [0.717, 1.165) is 61.6 Å². The molecule has 1 aromatic carbocycles. The van der Waals surface area contributed by atoms with E-state index in [1.54, 1.807) is 6.20 Å². The maximum atomic E-state index is 6.85. The Kier molecular flexibility index (Phi) is 5.20. The molecule has 0 radical (unpaired) electrons. The number of rotatable bonds is 5. The quantitative estimate of drug-likeness (QED) is 0.532. The Bertz CT molecular complexity index is 1130. The molecule has 0 saturated carbocycles. The average Bonchev–Trinajstić information content (AvgIpc) is 3.43. The van der Waals surface area contributed by atoms with Gasteiger partial charge in [0, 0.05) is 44.5 Å². The van der Waals surface area contributed by atoms with Gasteiger partial charge in [0.2, 0.25) is 0 Å². The highest BCUT2D eigenvalue weighted by Gasteiger charge is 2.22. The molecule has 30 heavy (non-hydrogen) atoms. The topological polar surface area (TPSA) is 78.8 Å². The van der Waals surface area contributed by atoms with E-state index in [4.69, 9.17) is 16.7 Å². The van der Waals surface area contributed by atoms with Crippen molar-refractivity contribution in [2.24, 2.45) is 0 Å². The van der Waals surface area contributed by atoms with E-state index in [1.165, 1.54) is 0 Å². The van der Waals surface area contributed by atoms with Crippen LogP contribution in [0.2, 0.25) is 5.02 Å². The van der Waals surface area contributed by atoms with Gasteiger partial charge in [0.25, 0.3) is 0 Å². The smallest absolute Gasteiger partial charge is 0.182 e. The second-order valence-electron chi connectivity index (χ2n) is 7.61. The normalized spacial score (nSPS) is 15.8. The number of piperazine rings is 1. The largest absolute Gasteiger partial charge is 0.304 e. The highest BCUT2D eigenvalue weighted by atomic mass is 35.5. The van der Waals surface area contributed by atoms with E-state index in [0.29, 0.717) is 16.4 Å². The SMILES string of the molecule is CN1CCN(CCn2nc(-c3ccccc3)c3c(Cl)c(-c4ccn[nH]4)nnc32)CC1. The van der Waals surface area contributed by atoms with Crippen molar-refractivity contribution in [1.29, 1.82) is 0 Å². The summed E-state index contributed by atoms with van der Waals surface area (Å²) in [5.41, 5.74) is 3.85. The van der Waals surface area contributed by atoms with Gasteiger partial charge in [-0.1, -0.05) is 41.9 Å². The molecule has 1 aliphatic heterocycles. The zero-order chi connectivity index (χ0) is 20.5. The Labute approximate surface area is 179 Å². The van der Waals surface area contributed by atoms with Crippen LogP contribution in [-0.2, 0) is 6.54 Å². The molecule has 0 atom stereocenters. The zero-order valence-corrected chi connectivity index (χ0v) is 17.5. The van der Waals surface area contributed by atoms with Gasteiger partial charge in [-0.3, -0.25) is 10.00 Å². The van der Waals surface area contributed by atoms with E-state index in [2.05, 4.69) is 37.2 Å². The van der Waals surface area contributed by atoms with Crippen LogP contribution in [-0.4, -0.2) is 79.7 Å². The second-order valence-corrected chi connectivity index (χ2v) is 7.99. The summed E-state index contributed by atoms with van der Waals surface area (Å²) in [6.07, 6.45) is 1.68. The number of halogens is 1. The fraction of sp³-hybridized carbons (Fsp3) is 0.333. The lowest BCUT2D eigenvalue weighted by molar-refractivity contribution is 0.149. The summed E-state index contributed by atoms with van der Waals surface area (Å²) < 4.78 is 1.94. The van der Waals surface area contributed by atoms with Crippen molar-refractivity contribution < 1.29 is 0 Å². The van der Waals surface area contributed by atoms with Crippen molar-refractivity contribution >= 4 is 22.6 Å². The lowest BCUT2D eigenvalue weighted by Crippen LogP contribution is -2.45. The van der Waals surface area contributed by atoms with Gasteiger partial charge in [0.15, 0.2) is 5.65 Å². The highest BCUT2D eigenvalue weighted by molar-refractivity contribution is 6.38. The van der Waals surface area contributed by atoms with Gasteiger partial charge in [-0.05, 0) is 13.1 Å². The zero-order valence-electron chi connectivity index (χ0n) is 16.8. The monoisotopic (exact) mass is 422 g/mol. The van der Waals surface area contributed by atoms with Crippen LogP contribution in [0.4, 0.5) is 0 Å². The summed E-state index contributed by atoms with van der Waals surface area (Å²) in [6, 6.07) is 11.9. The maximum Gasteiger partial charge on any atom is 0.182 e. The first-order valence-electron chi connectivity index (χ1n) is 10.1. The van der Waals surface area contributed by atoms with Crippen molar-refractivity contribution in [3.05, 3.63) is 47.6 Å². The van der Waals surface area contributed by atoms with Gasteiger partial charge >= 0.3 is 0 Å². The fourth-order valence-electron chi connectivity index (χ4n) is 3.84. The van der Waals surface area contributed by atoms with Crippen LogP contribution < -0.4 is 0 Å². The molecule has 0 amide bonds. The molecule has 3 aromatic heterocycles. The van der Waals surface area contributed by atoms with Crippen LogP contribution in [0, 0.1) is 0 Å². The molecule has 1 N–H and O–H groups in total. The summed E-state index contributed by atoms with van der Waals surface area (Å²) in [5.74, 6) is 0. The predicted molar refractivity (Wildman–Crippen MR) is 117 cm³/mol. The lowest BCUT2D eigenvalue weighted by atomic mass is 10.1.